The quantitative estimate of drug-likeness (QED) is 0.125. The van der Waals surface area contributed by atoms with E-state index in [0.29, 0.717) is 57.8 Å². The predicted molar refractivity (Wildman–Crippen MR) is 236 cm³/mol. The largest absolute Gasteiger partial charge is 0.481 e. The molecule has 0 saturated carbocycles. The molecule has 0 radical (unpaired) electrons. The minimum Gasteiger partial charge on any atom is -0.481 e. The highest BCUT2D eigenvalue weighted by Gasteiger charge is 2.63. The molecular weight excluding hydrogens is 807 g/mol. The molecule has 0 unspecified atom stereocenters. The molecular formula is C50H77NO12. The lowest BCUT2D eigenvalue weighted by Crippen LogP contribution is -2.65. The summed E-state index contributed by atoms with van der Waals surface area (Å²) in [4.78, 5) is 40.2. The number of hydrogen-bond acceptors (Lipinski definition) is 11. The predicted octanol–water partition coefficient (Wildman–Crippen LogP) is 8.12. The number of aliphatic hydroxyl groups excluding tert-OH is 1. The second-order valence-corrected chi connectivity index (χ2v) is 20.2. The fourth-order valence-electron chi connectivity index (χ4n) is 11.6. The van der Waals surface area contributed by atoms with Crippen molar-refractivity contribution in [3.63, 3.8) is 0 Å². The van der Waals surface area contributed by atoms with Gasteiger partial charge in [0.25, 0.3) is 0 Å². The third kappa shape index (κ3) is 10.1. The zero-order valence-corrected chi connectivity index (χ0v) is 39.4. The summed E-state index contributed by atoms with van der Waals surface area (Å²) >= 11 is 0. The van der Waals surface area contributed by atoms with Crippen molar-refractivity contribution < 1.29 is 58.1 Å². The van der Waals surface area contributed by atoms with Crippen molar-refractivity contribution in [2.75, 3.05) is 0 Å². The van der Waals surface area contributed by atoms with Gasteiger partial charge in [0.15, 0.2) is 11.6 Å². The number of carbonyl (C=O) groups is 3. The van der Waals surface area contributed by atoms with Gasteiger partial charge in [-0.3, -0.25) is 9.59 Å². The zero-order valence-electron chi connectivity index (χ0n) is 39.4. The van der Waals surface area contributed by atoms with E-state index in [4.69, 9.17) is 28.4 Å². The molecule has 354 valence electrons. The van der Waals surface area contributed by atoms with Crippen molar-refractivity contribution in [1.82, 2.24) is 5.32 Å². The molecule has 13 nitrogen and oxygen atoms in total. The van der Waals surface area contributed by atoms with Crippen LogP contribution in [-0.4, -0.2) is 98.6 Å². The van der Waals surface area contributed by atoms with Gasteiger partial charge in [-0.2, -0.15) is 0 Å². The van der Waals surface area contributed by atoms with E-state index < -0.39 is 95.1 Å². The van der Waals surface area contributed by atoms with Gasteiger partial charge < -0.3 is 49.1 Å². The molecule has 4 fully saturated rings. The van der Waals surface area contributed by atoms with Crippen molar-refractivity contribution in [1.29, 1.82) is 0 Å². The maximum absolute atomic E-state index is 14.7. The number of carboxylic acid groups (broad SMARTS) is 1. The highest BCUT2D eigenvalue weighted by atomic mass is 16.8. The number of carboxylic acids is 1. The lowest BCUT2D eigenvalue weighted by molar-refractivity contribution is -0.398. The topological polar surface area (TPSA) is 179 Å². The van der Waals surface area contributed by atoms with E-state index in [0.717, 1.165) is 12.0 Å². The van der Waals surface area contributed by atoms with Crippen LogP contribution < -0.4 is 5.32 Å². The monoisotopic (exact) mass is 884 g/mol. The summed E-state index contributed by atoms with van der Waals surface area (Å²) in [6, 6.07) is 8.70. The van der Waals surface area contributed by atoms with Crippen molar-refractivity contribution in [3.8, 4) is 0 Å². The first-order valence-electron chi connectivity index (χ1n) is 24.0. The first kappa shape index (κ1) is 49.5. The van der Waals surface area contributed by atoms with Crippen molar-refractivity contribution in [2.24, 2.45) is 41.4 Å². The minimum atomic E-state index is -1.39. The van der Waals surface area contributed by atoms with Crippen LogP contribution in [0.4, 0.5) is 4.79 Å². The van der Waals surface area contributed by atoms with Crippen LogP contribution in [-0.2, 0) is 44.6 Å². The van der Waals surface area contributed by atoms with Gasteiger partial charge in [-0.25, -0.2) is 4.79 Å². The fraction of sp³-hybridized carbons (Fsp3) is 0.780. The molecule has 5 heterocycles. The third-order valence-electron chi connectivity index (χ3n) is 16.0. The summed E-state index contributed by atoms with van der Waals surface area (Å²) in [6.07, 6.45) is 5.61. The molecule has 5 aliphatic heterocycles. The van der Waals surface area contributed by atoms with E-state index in [1.54, 1.807) is 6.92 Å². The summed E-state index contributed by atoms with van der Waals surface area (Å²) in [5.74, 6) is -6.19. The van der Waals surface area contributed by atoms with Crippen LogP contribution >= 0.6 is 0 Å². The Labute approximate surface area is 375 Å². The van der Waals surface area contributed by atoms with Crippen LogP contribution in [0.1, 0.15) is 139 Å². The van der Waals surface area contributed by atoms with Crippen LogP contribution in [0.15, 0.2) is 42.5 Å². The average Bonchev–Trinajstić information content (AvgIpc) is 3.60. The van der Waals surface area contributed by atoms with Crippen LogP contribution in [0.5, 0.6) is 0 Å². The van der Waals surface area contributed by atoms with Crippen LogP contribution in [0, 0.1) is 41.4 Å². The standard InChI is InChI=1S/C50H77NO12/c1-11-36(45(54)55)38-20-19-29(4)43(60-38)33(8)41(52)32(7)42(53)37(12-2)44-30(5)27-31(6)49(61-44)24-21-39(51-46(56)58-28-35-17-15-14-16-18-35)50(63-49)26-25-47(10,62-50)40-22-23-48(57,13-3)34(9)59-40/h14-18,21,24,29-34,36-41,43-44,52,57H,11-13,19-20,22-23,25-28H2,1-10H3,(H,51,56)(H,54,55)/t29-,30-,31+,32-,33-,34-,36+,37-,38+,39-,40+,41+,43+,44-,47-,48+,49-,50-/m0/s1. The Bertz CT molecular complexity index is 1760. The van der Waals surface area contributed by atoms with Gasteiger partial charge in [0, 0.05) is 30.1 Å². The minimum absolute atomic E-state index is 0.0355. The molecule has 2 spiro atoms. The van der Waals surface area contributed by atoms with E-state index in [9.17, 15) is 29.7 Å². The Morgan fingerprint density at radius 2 is 1.59 bits per heavy atom. The van der Waals surface area contributed by atoms with E-state index in [1.165, 1.54) is 0 Å². The molecule has 0 bridgehead atoms. The molecule has 13 heteroatoms. The van der Waals surface area contributed by atoms with Gasteiger partial charge in [-0.05, 0) is 95.1 Å². The second-order valence-electron chi connectivity index (χ2n) is 20.2. The van der Waals surface area contributed by atoms with Gasteiger partial charge in [-0.15, -0.1) is 0 Å². The highest BCUT2D eigenvalue weighted by molar-refractivity contribution is 5.84. The number of aliphatic hydroxyl groups is 2. The summed E-state index contributed by atoms with van der Waals surface area (Å²) in [5.41, 5.74) is -0.905. The van der Waals surface area contributed by atoms with Crippen LogP contribution in [0.3, 0.4) is 0 Å². The molecule has 4 saturated heterocycles. The molecule has 4 N–H and O–H groups in total. The number of nitrogens with one attached hydrogen (secondary N) is 1. The Kier molecular flexibility index (Phi) is 15.6. The van der Waals surface area contributed by atoms with Gasteiger partial charge in [0.2, 0.25) is 0 Å². The molecule has 1 aromatic rings. The van der Waals surface area contributed by atoms with Crippen molar-refractivity contribution in [2.45, 2.75) is 205 Å². The van der Waals surface area contributed by atoms with Gasteiger partial charge >= 0.3 is 12.1 Å². The zero-order chi connectivity index (χ0) is 46.1. The van der Waals surface area contributed by atoms with E-state index in [2.05, 4.69) is 26.1 Å². The molecule has 1 aromatic carbocycles. The van der Waals surface area contributed by atoms with Crippen LogP contribution in [0.2, 0.25) is 0 Å². The van der Waals surface area contributed by atoms with Crippen molar-refractivity contribution in [3.05, 3.63) is 48.0 Å². The molecule has 1 amide bonds. The molecule has 6 rings (SSSR count). The molecule has 5 aliphatic rings. The smallest absolute Gasteiger partial charge is 0.408 e. The fourth-order valence-corrected chi connectivity index (χ4v) is 11.6. The maximum atomic E-state index is 14.7. The number of carbonyl (C=O) groups excluding carboxylic acids is 2. The third-order valence-corrected chi connectivity index (χ3v) is 16.0. The number of benzene rings is 1. The number of hydrogen-bond donors (Lipinski definition) is 4. The van der Waals surface area contributed by atoms with Gasteiger partial charge in [0.1, 0.15) is 18.4 Å². The van der Waals surface area contributed by atoms with Gasteiger partial charge in [0.05, 0.1) is 53.7 Å². The summed E-state index contributed by atoms with van der Waals surface area (Å²) in [6.45, 7) is 19.7. The lowest BCUT2D eigenvalue weighted by atomic mass is 9.72. The van der Waals surface area contributed by atoms with E-state index in [1.807, 2.05) is 84.0 Å². The second kappa shape index (κ2) is 19.9. The number of ketones is 1. The van der Waals surface area contributed by atoms with Crippen LogP contribution in [0.25, 0.3) is 0 Å². The Morgan fingerprint density at radius 3 is 2.22 bits per heavy atom. The molecule has 63 heavy (non-hydrogen) atoms. The summed E-state index contributed by atoms with van der Waals surface area (Å²) in [7, 11) is 0. The highest BCUT2D eigenvalue weighted by Crippen LogP contribution is 2.54. The normalized spacial score (nSPS) is 40.5. The summed E-state index contributed by atoms with van der Waals surface area (Å²) in [5, 5.41) is 36.0. The molecule has 0 aliphatic carbocycles. The van der Waals surface area contributed by atoms with Gasteiger partial charge in [-0.1, -0.05) is 91.8 Å². The number of aliphatic carboxylic acids is 1. The number of ether oxygens (including phenoxy) is 6. The first-order chi connectivity index (χ1) is 29.8. The summed E-state index contributed by atoms with van der Waals surface area (Å²) < 4.78 is 40.2. The SMILES string of the molecule is CC[C@@H](C(=O)[C@@H](C)[C@@H](O)[C@H](C)[C@@H]1O[C@@H]([C@@H](CC)C(=O)O)CC[C@@H]1C)[C@H]1O[C@]2(C=C[C@H](NC(=O)OCc3ccccc3)[C@]3(CC[C@@](C)([C@H]4CC[C@](O)(CC)[C@H](C)O4)O3)O2)[C@H](C)C[C@@H]1C. The Balaban J connectivity index is 1.23. The first-order valence-corrected chi connectivity index (χ1v) is 24.0. The Hall–Kier alpha value is -2.91. The molecule has 18 atom stereocenters. The number of alkyl carbamates (subject to hydrolysis) is 1. The van der Waals surface area contributed by atoms with E-state index in [-0.39, 0.29) is 36.2 Å². The number of rotatable bonds is 15. The Morgan fingerprint density at radius 1 is 0.889 bits per heavy atom. The average molecular weight is 884 g/mol. The lowest BCUT2D eigenvalue weighted by Gasteiger charge is -2.55. The van der Waals surface area contributed by atoms with Crippen molar-refractivity contribution >= 4 is 17.8 Å². The maximum Gasteiger partial charge on any atom is 0.408 e. The van der Waals surface area contributed by atoms with E-state index >= 15 is 0 Å². The molecule has 0 aromatic heterocycles. The number of Topliss-reactive ketones (excluding diaryl/α,β-unsaturated/α-hetero) is 1. The number of amides is 1.